The molecule has 3 heterocycles. The van der Waals surface area contributed by atoms with E-state index < -0.39 is 10.0 Å². The molecule has 164 valence electrons. The van der Waals surface area contributed by atoms with Gasteiger partial charge in [-0.05, 0) is 31.4 Å². The number of carbonyl (C=O) groups is 2. The summed E-state index contributed by atoms with van der Waals surface area (Å²) in [7, 11) is -3.30. The largest absolute Gasteiger partial charge is 0.351 e. The van der Waals surface area contributed by atoms with Gasteiger partial charge >= 0.3 is 0 Å². The number of nitrogens with zero attached hydrogens (tertiary/aromatic N) is 2. The van der Waals surface area contributed by atoms with Crippen molar-refractivity contribution < 1.29 is 18.0 Å². The van der Waals surface area contributed by atoms with Gasteiger partial charge in [0, 0.05) is 30.3 Å². The second-order valence-electron chi connectivity index (χ2n) is 7.22. The average Bonchev–Trinajstić information content (AvgIpc) is 3.36. The van der Waals surface area contributed by atoms with Crippen LogP contribution in [0.5, 0.6) is 0 Å². The highest BCUT2D eigenvalue weighted by atomic mass is 32.2. The minimum Gasteiger partial charge on any atom is -0.351 e. The van der Waals surface area contributed by atoms with Gasteiger partial charge in [-0.25, -0.2) is 17.7 Å². The second kappa shape index (κ2) is 9.99. The molecule has 0 spiro atoms. The number of thiazole rings is 1. The number of carbonyl (C=O) groups excluding carboxylic acids is 2. The maximum atomic E-state index is 12.7. The van der Waals surface area contributed by atoms with Crippen molar-refractivity contribution in [1.29, 1.82) is 0 Å². The predicted octanol–water partition coefficient (Wildman–Crippen LogP) is 2.90. The van der Waals surface area contributed by atoms with Crippen LogP contribution in [0.15, 0.2) is 17.5 Å². The van der Waals surface area contributed by atoms with E-state index in [0.717, 1.165) is 15.4 Å². The Balaban J connectivity index is 1.60. The Hall–Kier alpha value is -1.82. The standard InChI is InChI=1S/C19H26N4O4S3/c1-3-9-30(26,27)23-8-4-5-14(11-23)18(25)22-19-21-16(12-28-19)17-7-6-15(29-17)10-20-13(2)24/h6-7,12,14H,3-5,8-11H2,1-2H3,(H,20,24)(H,21,22,25). The van der Waals surface area contributed by atoms with Crippen LogP contribution in [0.4, 0.5) is 5.13 Å². The van der Waals surface area contributed by atoms with E-state index in [1.54, 1.807) is 0 Å². The number of amides is 2. The molecule has 11 heteroatoms. The van der Waals surface area contributed by atoms with Gasteiger partial charge in [0.25, 0.3) is 0 Å². The number of thiophene rings is 1. The number of rotatable bonds is 8. The Bertz CT molecular complexity index is 999. The van der Waals surface area contributed by atoms with Gasteiger partial charge in [-0.1, -0.05) is 6.92 Å². The van der Waals surface area contributed by atoms with Crippen molar-refractivity contribution in [3.63, 3.8) is 0 Å². The first-order valence-electron chi connectivity index (χ1n) is 9.86. The molecule has 0 aromatic carbocycles. The number of aromatic nitrogens is 1. The van der Waals surface area contributed by atoms with E-state index in [4.69, 9.17) is 0 Å². The summed E-state index contributed by atoms with van der Waals surface area (Å²) in [6, 6.07) is 3.89. The molecule has 0 saturated carbocycles. The summed E-state index contributed by atoms with van der Waals surface area (Å²) < 4.78 is 26.1. The minimum atomic E-state index is -3.30. The third-order valence-electron chi connectivity index (χ3n) is 4.77. The Morgan fingerprint density at radius 2 is 2.13 bits per heavy atom. The van der Waals surface area contributed by atoms with Crippen LogP contribution in [-0.4, -0.2) is 48.4 Å². The van der Waals surface area contributed by atoms with Crippen molar-refractivity contribution in [3.8, 4) is 10.6 Å². The van der Waals surface area contributed by atoms with E-state index in [1.165, 1.54) is 33.9 Å². The zero-order valence-electron chi connectivity index (χ0n) is 17.0. The normalized spacial score (nSPS) is 17.6. The SMILES string of the molecule is CCCS(=O)(=O)N1CCCC(C(=O)Nc2nc(-c3ccc(CNC(C)=O)s3)cs2)C1. The second-order valence-corrected chi connectivity index (χ2v) is 11.3. The third-order valence-corrected chi connectivity index (χ3v) is 8.68. The molecule has 0 radical (unpaired) electrons. The maximum Gasteiger partial charge on any atom is 0.230 e. The first kappa shape index (κ1) is 22.9. The van der Waals surface area contributed by atoms with Gasteiger partial charge < -0.3 is 10.6 Å². The lowest BCUT2D eigenvalue weighted by Gasteiger charge is -2.30. The molecule has 0 aliphatic carbocycles. The van der Waals surface area contributed by atoms with E-state index in [1.807, 2.05) is 24.4 Å². The molecule has 2 N–H and O–H groups in total. The third kappa shape index (κ3) is 5.87. The number of piperidine rings is 1. The molecule has 30 heavy (non-hydrogen) atoms. The lowest BCUT2D eigenvalue weighted by molar-refractivity contribution is -0.121. The van der Waals surface area contributed by atoms with Gasteiger partial charge in [-0.3, -0.25) is 9.59 Å². The van der Waals surface area contributed by atoms with Crippen LogP contribution in [-0.2, 0) is 26.2 Å². The zero-order valence-corrected chi connectivity index (χ0v) is 19.5. The highest BCUT2D eigenvalue weighted by molar-refractivity contribution is 7.89. The molecule has 1 saturated heterocycles. The first-order chi connectivity index (χ1) is 14.3. The van der Waals surface area contributed by atoms with Gasteiger partial charge in [-0.15, -0.1) is 22.7 Å². The maximum absolute atomic E-state index is 12.7. The summed E-state index contributed by atoms with van der Waals surface area (Å²) in [5.41, 5.74) is 0.769. The van der Waals surface area contributed by atoms with Crippen LogP contribution in [0.3, 0.4) is 0 Å². The lowest BCUT2D eigenvalue weighted by atomic mass is 9.99. The Labute approximate surface area is 184 Å². The molecule has 2 aromatic rings. The van der Waals surface area contributed by atoms with Crippen LogP contribution >= 0.6 is 22.7 Å². The summed E-state index contributed by atoms with van der Waals surface area (Å²) in [6.45, 7) is 4.50. The van der Waals surface area contributed by atoms with E-state index in [0.29, 0.717) is 37.5 Å². The molecule has 0 bridgehead atoms. The smallest absolute Gasteiger partial charge is 0.230 e. The number of anilines is 1. The quantitative estimate of drug-likeness (QED) is 0.617. The van der Waals surface area contributed by atoms with Crippen molar-refractivity contribution in [1.82, 2.24) is 14.6 Å². The number of hydrogen-bond acceptors (Lipinski definition) is 7. The van der Waals surface area contributed by atoms with Gasteiger partial charge in [0.1, 0.15) is 0 Å². The number of sulfonamides is 1. The van der Waals surface area contributed by atoms with Crippen molar-refractivity contribution in [2.45, 2.75) is 39.7 Å². The molecule has 1 fully saturated rings. The predicted molar refractivity (Wildman–Crippen MR) is 120 cm³/mol. The monoisotopic (exact) mass is 470 g/mol. The minimum absolute atomic E-state index is 0.0765. The topological polar surface area (TPSA) is 108 Å². The molecule has 1 unspecified atom stereocenters. The van der Waals surface area contributed by atoms with Crippen LogP contribution in [0.1, 0.15) is 38.0 Å². The first-order valence-corrected chi connectivity index (χ1v) is 13.2. The fourth-order valence-corrected chi connectivity index (χ4v) is 6.55. The summed E-state index contributed by atoms with van der Waals surface area (Å²) in [5.74, 6) is -0.525. The molecule has 1 aliphatic heterocycles. The average molecular weight is 471 g/mol. The fraction of sp³-hybridized carbons (Fsp3) is 0.526. The van der Waals surface area contributed by atoms with Crippen molar-refractivity contribution >= 4 is 49.6 Å². The van der Waals surface area contributed by atoms with E-state index in [9.17, 15) is 18.0 Å². The van der Waals surface area contributed by atoms with E-state index in [-0.39, 0.29) is 30.0 Å². The van der Waals surface area contributed by atoms with Gasteiger partial charge in [0.2, 0.25) is 21.8 Å². The van der Waals surface area contributed by atoms with Gasteiger partial charge in [-0.2, -0.15) is 0 Å². The highest BCUT2D eigenvalue weighted by Gasteiger charge is 2.32. The van der Waals surface area contributed by atoms with E-state index in [2.05, 4.69) is 15.6 Å². The number of hydrogen-bond donors (Lipinski definition) is 2. The molecule has 1 aliphatic rings. The molecule has 3 rings (SSSR count). The zero-order chi connectivity index (χ0) is 21.7. The summed E-state index contributed by atoms with van der Waals surface area (Å²) in [5, 5.41) is 7.99. The molecule has 2 amide bonds. The molecule has 8 nitrogen and oxygen atoms in total. The number of nitrogens with one attached hydrogen (secondary N) is 2. The molecule has 1 atom stereocenters. The lowest BCUT2D eigenvalue weighted by Crippen LogP contribution is -2.44. The Kier molecular flexibility index (Phi) is 7.61. The van der Waals surface area contributed by atoms with E-state index >= 15 is 0 Å². The van der Waals surface area contributed by atoms with Crippen LogP contribution < -0.4 is 10.6 Å². The van der Waals surface area contributed by atoms with Crippen LogP contribution in [0, 0.1) is 5.92 Å². The summed E-state index contributed by atoms with van der Waals surface area (Å²) in [6.07, 6.45) is 1.91. The van der Waals surface area contributed by atoms with Crippen molar-refractivity contribution in [2.24, 2.45) is 5.92 Å². The summed E-state index contributed by atoms with van der Waals surface area (Å²) in [4.78, 5) is 30.2. The van der Waals surface area contributed by atoms with Gasteiger partial charge in [0.05, 0.1) is 28.8 Å². The van der Waals surface area contributed by atoms with Crippen LogP contribution in [0.25, 0.3) is 10.6 Å². The van der Waals surface area contributed by atoms with Crippen molar-refractivity contribution in [3.05, 3.63) is 22.4 Å². The summed E-state index contributed by atoms with van der Waals surface area (Å²) >= 11 is 2.88. The fourth-order valence-electron chi connectivity index (χ4n) is 3.27. The molecule has 2 aromatic heterocycles. The molecular weight excluding hydrogens is 444 g/mol. The van der Waals surface area contributed by atoms with Crippen molar-refractivity contribution in [2.75, 3.05) is 24.2 Å². The molecular formula is C19H26N4O4S3. The van der Waals surface area contributed by atoms with Crippen LogP contribution in [0.2, 0.25) is 0 Å². The Morgan fingerprint density at radius 3 is 2.87 bits per heavy atom. The Morgan fingerprint density at radius 1 is 1.33 bits per heavy atom. The highest BCUT2D eigenvalue weighted by Crippen LogP contribution is 2.31. The van der Waals surface area contributed by atoms with Gasteiger partial charge in [0.15, 0.2) is 5.13 Å².